The Kier molecular flexibility index (Phi) is 4.38. The first-order chi connectivity index (χ1) is 8.51. The van der Waals surface area contributed by atoms with Crippen molar-refractivity contribution in [3.63, 3.8) is 0 Å². The van der Waals surface area contributed by atoms with Crippen molar-refractivity contribution in [1.29, 1.82) is 5.26 Å². The summed E-state index contributed by atoms with van der Waals surface area (Å²) in [7, 11) is 0. The Morgan fingerprint density at radius 3 is 2.67 bits per heavy atom. The molecule has 0 heterocycles. The first kappa shape index (κ1) is 13.6. The normalized spacial score (nSPS) is 9.61. The van der Waals surface area contributed by atoms with Crippen molar-refractivity contribution in [2.75, 3.05) is 13.1 Å². The van der Waals surface area contributed by atoms with Crippen LogP contribution in [0.4, 0.5) is 5.69 Å². The minimum atomic E-state index is -0.506. The summed E-state index contributed by atoms with van der Waals surface area (Å²) in [6.07, 6.45) is 0. The third-order valence-electron chi connectivity index (χ3n) is 2.58. The van der Waals surface area contributed by atoms with E-state index in [0.717, 1.165) is 0 Å². The van der Waals surface area contributed by atoms with E-state index >= 15 is 0 Å². The lowest BCUT2D eigenvalue weighted by atomic mass is 10.1. The van der Waals surface area contributed by atoms with Gasteiger partial charge in [-0.2, -0.15) is 5.26 Å². The zero-order valence-electron chi connectivity index (χ0n) is 10.2. The first-order valence-corrected chi connectivity index (χ1v) is 5.42. The van der Waals surface area contributed by atoms with Gasteiger partial charge in [-0.3, -0.25) is 14.9 Å². The van der Waals surface area contributed by atoms with Crippen LogP contribution in [0.3, 0.4) is 0 Å². The predicted octanol–water partition coefficient (Wildman–Crippen LogP) is 1.89. The van der Waals surface area contributed by atoms with Crippen LogP contribution >= 0.6 is 0 Å². The van der Waals surface area contributed by atoms with Gasteiger partial charge in [0, 0.05) is 24.2 Å². The molecule has 1 rings (SSSR count). The number of aryl methyl sites for hydroxylation is 1. The standard InChI is InChI=1S/C12H13N3O3/c1-3-14(7-6-13)12(16)11-5-4-10(15(17)18)8-9(11)2/h4-5,8H,3,7H2,1-2H3. The molecule has 0 spiro atoms. The zero-order chi connectivity index (χ0) is 13.7. The summed E-state index contributed by atoms with van der Waals surface area (Å²) in [5.74, 6) is -0.286. The second-order valence-electron chi connectivity index (χ2n) is 3.73. The first-order valence-electron chi connectivity index (χ1n) is 5.42. The molecule has 6 nitrogen and oxygen atoms in total. The smallest absolute Gasteiger partial charge is 0.269 e. The Hall–Kier alpha value is -2.42. The van der Waals surface area contributed by atoms with E-state index in [1.807, 2.05) is 6.07 Å². The van der Waals surface area contributed by atoms with Crippen molar-refractivity contribution >= 4 is 11.6 Å². The number of non-ortho nitro benzene ring substituents is 1. The minimum Gasteiger partial charge on any atom is -0.326 e. The van der Waals surface area contributed by atoms with Gasteiger partial charge in [0.15, 0.2) is 0 Å². The van der Waals surface area contributed by atoms with E-state index in [0.29, 0.717) is 17.7 Å². The van der Waals surface area contributed by atoms with Gasteiger partial charge in [0.2, 0.25) is 0 Å². The summed E-state index contributed by atoms with van der Waals surface area (Å²) >= 11 is 0. The van der Waals surface area contributed by atoms with Crippen LogP contribution in [0.25, 0.3) is 0 Å². The number of hydrogen-bond donors (Lipinski definition) is 0. The average molecular weight is 247 g/mol. The Labute approximate surface area is 105 Å². The van der Waals surface area contributed by atoms with Gasteiger partial charge in [-0.15, -0.1) is 0 Å². The number of rotatable bonds is 4. The number of nitro groups is 1. The van der Waals surface area contributed by atoms with E-state index in [-0.39, 0.29) is 18.1 Å². The maximum Gasteiger partial charge on any atom is 0.269 e. The van der Waals surface area contributed by atoms with E-state index in [1.54, 1.807) is 13.8 Å². The molecular weight excluding hydrogens is 234 g/mol. The molecule has 1 aromatic carbocycles. The van der Waals surface area contributed by atoms with Crippen LogP contribution in [0, 0.1) is 28.4 Å². The van der Waals surface area contributed by atoms with Gasteiger partial charge in [0.05, 0.1) is 11.0 Å². The van der Waals surface area contributed by atoms with Crippen molar-refractivity contribution in [3.8, 4) is 6.07 Å². The van der Waals surface area contributed by atoms with Crippen molar-refractivity contribution in [3.05, 3.63) is 39.4 Å². The highest BCUT2D eigenvalue weighted by atomic mass is 16.6. The molecule has 0 unspecified atom stereocenters. The van der Waals surface area contributed by atoms with Gasteiger partial charge >= 0.3 is 0 Å². The molecule has 18 heavy (non-hydrogen) atoms. The summed E-state index contributed by atoms with van der Waals surface area (Å²) in [6, 6.07) is 5.99. The van der Waals surface area contributed by atoms with Gasteiger partial charge in [-0.05, 0) is 25.5 Å². The monoisotopic (exact) mass is 247 g/mol. The highest BCUT2D eigenvalue weighted by Gasteiger charge is 2.18. The molecule has 94 valence electrons. The van der Waals surface area contributed by atoms with E-state index in [2.05, 4.69) is 0 Å². The largest absolute Gasteiger partial charge is 0.326 e. The fourth-order valence-electron chi connectivity index (χ4n) is 1.58. The van der Waals surface area contributed by atoms with Gasteiger partial charge < -0.3 is 4.90 Å². The fraction of sp³-hybridized carbons (Fsp3) is 0.333. The topological polar surface area (TPSA) is 87.2 Å². The van der Waals surface area contributed by atoms with Crippen molar-refractivity contribution in [1.82, 2.24) is 4.90 Å². The molecule has 0 aliphatic rings. The Bertz CT molecular complexity index is 520. The summed E-state index contributed by atoms with van der Waals surface area (Å²) in [6.45, 7) is 3.84. The second-order valence-corrected chi connectivity index (χ2v) is 3.73. The molecule has 0 aromatic heterocycles. The van der Waals surface area contributed by atoms with Crippen molar-refractivity contribution < 1.29 is 9.72 Å². The van der Waals surface area contributed by atoms with E-state index in [4.69, 9.17) is 5.26 Å². The summed E-state index contributed by atoms with van der Waals surface area (Å²) < 4.78 is 0. The average Bonchev–Trinajstić information content (AvgIpc) is 2.34. The molecule has 0 saturated heterocycles. The lowest BCUT2D eigenvalue weighted by Gasteiger charge is -2.18. The van der Waals surface area contributed by atoms with Crippen molar-refractivity contribution in [2.45, 2.75) is 13.8 Å². The summed E-state index contributed by atoms with van der Waals surface area (Å²) in [5.41, 5.74) is 0.871. The quantitative estimate of drug-likeness (QED) is 0.461. The molecule has 0 bridgehead atoms. The number of nitriles is 1. The molecule has 0 atom stereocenters. The molecule has 0 radical (unpaired) electrons. The molecule has 0 N–H and O–H groups in total. The Morgan fingerprint density at radius 2 is 2.22 bits per heavy atom. The van der Waals surface area contributed by atoms with Crippen LogP contribution in [0.15, 0.2) is 18.2 Å². The Morgan fingerprint density at radius 1 is 1.56 bits per heavy atom. The van der Waals surface area contributed by atoms with E-state index < -0.39 is 4.92 Å². The molecule has 0 aliphatic heterocycles. The van der Waals surface area contributed by atoms with Crippen LogP contribution in [0.2, 0.25) is 0 Å². The van der Waals surface area contributed by atoms with Crippen LogP contribution in [-0.2, 0) is 0 Å². The van der Waals surface area contributed by atoms with Gasteiger partial charge in [0.1, 0.15) is 6.54 Å². The SMILES string of the molecule is CCN(CC#N)C(=O)c1ccc([N+](=O)[O-])cc1C. The minimum absolute atomic E-state index is 0.00572. The van der Waals surface area contributed by atoms with Gasteiger partial charge in [-0.1, -0.05) is 0 Å². The maximum absolute atomic E-state index is 12.1. The van der Waals surface area contributed by atoms with Crippen LogP contribution in [0.1, 0.15) is 22.8 Å². The highest BCUT2D eigenvalue weighted by Crippen LogP contribution is 2.18. The molecule has 0 saturated carbocycles. The number of carbonyl (C=O) groups is 1. The fourth-order valence-corrected chi connectivity index (χ4v) is 1.58. The molecule has 1 amide bonds. The zero-order valence-corrected chi connectivity index (χ0v) is 10.2. The lowest BCUT2D eigenvalue weighted by Crippen LogP contribution is -2.31. The molecule has 1 aromatic rings. The van der Waals surface area contributed by atoms with Crippen LogP contribution in [-0.4, -0.2) is 28.8 Å². The second kappa shape index (κ2) is 5.77. The summed E-state index contributed by atoms with van der Waals surface area (Å²) in [4.78, 5) is 23.5. The number of amides is 1. The highest BCUT2D eigenvalue weighted by molar-refractivity contribution is 5.96. The van der Waals surface area contributed by atoms with Crippen LogP contribution in [0.5, 0.6) is 0 Å². The number of nitrogens with zero attached hydrogens (tertiary/aromatic N) is 3. The molecule has 0 fully saturated rings. The maximum atomic E-state index is 12.1. The van der Waals surface area contributed by atoms with Gasteiger partial charge in [0.25, 0.3) is 11.6 Å². The number of nitro benzene ring substituents is 1. The predicted molar refractivity (Wildman–Crippen MR) is 65.0 cm³/mol. The van der Waals surface area contributed by atoms with Crippen LogP contribution < -0.4 is 0 Å². The van der Waals surface area contributed by atoms with Crippen molar-refractivity contribution in [2.24, 2.45) is 0 Å². The van der Waals surface area contributed by atoms with Gasteiger partial charge in [-0.25, -0.2) is 0 Å². The summed E-state index contributed by atoms with van der Waals surface area (Å²) in [5, 5.41) is 19.2. The number of benzene rings is 1. The van der Waals surface area contributed by atoms with E-state index in [1.165, 1.54) is 23.1 Å². The number of carbonyl (C=O) groups excluding carboxylic acids is 1. The molecular formula is C12H13N3O3. The lowest BCUT2D eigenvalue weighted by molar-refractivity contribution is -0.384. The molecule has 6 heteroatoms. The third kappa shape index (κ3) is 2.83. The van der Waals surface area contributed by atoms with E-state index in [9.17, 15) is 14.9 Å². The third-order valence-corrected chi connectivity index (χ3v) is 2.58. The molecule has 0 aliphatic carbocycles. The Balaban J connectivity index is 3.07. The number of hydrogen-bond acceptors (Lipinski definition) is 4.